The number of fused-ring (bicyclic) bond motifs is 3. The van der Waals surface area contributed by atoms with E-state index in [0.717, 1.165) is 30.8 Å². The number of ether oxygens (including phenoxy) is 1. The number of benzene rings is 1. The van der Waals surface area contributed by atoms with Crippen LogP contribution in [0.3, 0.4) is 0 Å². The van der Waals surface area contributed by atoms with E-state index in [4.69, 9.17) is 4.74 Å². The second-order valence-corrected chi connectivity index (χ2v) is 8.19. The highest BCUT2D eigenvalue weighted by Gasteiger charge is 2.47. The van der Waals surface area contributed by atoms with Gasteiger partial charge in [0.15, 0.2) is 0 Å². The number of hydrogen-bond acceptors (Lipinski definition) is 4. The van der Waals surface area contributed by atoms with Gasteiger partial charge in [-0.05, 0) is 43.5 Å². The van der Waals surface area contributed by atoms with Gasteiger partial charge in [0.2, 0.25) is 0 Å². The molecule has 4 heterocycles. The molecule has 2 fully saturated rings. The molecule has 6 nitrogen and oxygen atoms in total. The summed E-state index contributed by atoms with van der Waals surface area (Å²) in [6, 6.07) is 13.4. The van der Waals surface area contributed by atoms with E-state index < -0.39 is 0 Å². The van der Waals surface area contributed by atoms with Crippen LogP contribution in [0.25, 0.3) is 5.52 Å². The van der Waals surface area contributed by atoms with Crippen molar-refractivity contribution in [3.63, 3.8) is 0 Å². The van der Waals surface area contributed by atoms with Crippen molar-refractivity contribution >= 4 is 11.4 Å². The molecule has 6 heteroatoms. The molecule has 0 saturated carbocycles. The average Bonchev–Trinajstić information content (AvgIpc) is 3.46. The number of amides is 1. The number of hydrogen-bond donors (Lipinski definition) is 0. The molecule has 2 aromatic heterocycles. The number of piperazine rings is 1. The number of nitrogens with zero attached hydrogens (tertiary/aromatic N) is 4. The lowest BCUT2D eigenvalue weighted by molar-refractivity contribution is 0.0570. The van der Waals surface area contributed by atoms with Gasteiger partial charge in [-0.3, -0.25) is 9.69 Å². The zero-order valence-corrected chi connectivity index (χ0v) is 17.1. The number of likely N-dealkylation sites (tertiary alicyclic amines) is 2. The van der Waals surface area contributed by atoms with Crippen molar-refractivity contribution in [2.75, 3.05) is 20.2 Å². The van der Waals surface area contributed by atoms with Gasteiger partial charge in [-0.1, -0.05) is 24.3 Å². The number of methoxy groups -OCH3 is 1. The van der Waals surface area contributed by atoms with E-state index >= 15 is 0 Å². The third kappa shape index (κ3) is 2.90. The number of rotatable bonds is 4. The lowest BCUT2D eigenvalue weighted by Gasteiger charge is -2.38. The molecule has 29 heavy (non-hydrogen) atoms. The van der Waals surface area contributed by atoms with Gasteiger partial charge >= 0.3 is 0 Å². The van der Waals surface area contributed by atoms with E-state index in [-0.39, 0.29) is 11.9 Å². The van der Waals surface area contributed by atoms with Crippen LogP contribution in [0.1, 0.15) is 40.9 Å². The van der Waals surface area contributed by atoms with Gasteiger partial charge in [-0.15, -0.1) is 0 Å². The van der Waals surface area contributed by atoms with E-state index in [9.17, 15) is 4.79 Å². The van der Waals surface area contributed by atoms with Crippen molar-refractivity contribution in [2.24, 2.45) is 0 Å². The SMILES string of the molecule is COc1ccc2c(C(=O)N3C[C@@H]4C[C@H]3CN4C(C)c3ccccc3C)cnn2c1. The second kappa shape index (κ2) is 6.88. The molecule has 2 aliphatic heterocycles. The van der Waals surface area contributed by atoms with Crippen LogP contribution in [0.2, 0.25) is 0 Å². The number of aromatic nitrogens is 2. The fourth-order valence-electron chi connectivity index (χ4n) is 5.06. The van der Waals surface area contributed by atoms with Crippen LogP contribution in [0.5, 0.6) is 5.75 Å². The van der Waals surface area contributed by atoms with Crippen molar-refractivity contribution in [3.8, 4) is 5.75 Å². The standard InChI is InChI=1S/C23H26N4O2/c1-15-6-4-5-7-20(15)16(2)25-12-18-10-17(25)13-26(18)23(28)21-11-24-27-14-19(29-3)8-9-22(21)27/h4-9,11,14,16-18H,10,12-13H2,1-3H3/t16?,17-,18-/m0/s1. The highest BCUT2D eigenvalue weighted by molar-refractivity contribution is 6.01. The zero-order chi connectivity index (χ0) is 20.1. The molecule has 3 aromatic rings. The molecule has 1 amide bonds. The summed E-state index contributed by atoms with van der Waals surface area (Å²) in [6.07, 6.45) is 4.53. The monoisotopic (exact) mass is 390 g/mol. The predicted octanol–water partition coefficient (Wildman–Crippen LogP) is 3.31. The summed E-state index contributed by atoms with van der Waals surface area (Å²) in [5, 5.41) is 4.35. The van der Waals surface area contributed by atoms with Gasteiger partial charge in [0.25, 0.3) is 5.91 Å². The summed E-state index contributed by atoms with van der Waals surface area (Å²) in [5.41, 5.74) is 4.20. The molecular formula is C23H26N4O2. The topological polar surface area (TPSA) is 50.1 Å². The van der Waals surface area contributed by atoms with Crippen LogP contribution in [0, 0.1) is 6.92 Å². The number of pyridine rings is 1. The van der Waals surface area contributed by atoms with E-state index in [1.54, 1.807) is 24.0 Å². The number of aryl methyl sites for hydroxylation is 1. The molecule has 150 valence electrons. The van der Waals surface area contributed by atoms with Crippen LogP contribution in [0.15, 0.2) is 48.8 Å². The lowest BCUT2D eigenvalue weighted by Crippen LogP contribution is -2.49. The maximum absolute atomic E-state index is 13.3. The van der Waals surface area contributed by atoms with Gasteiger partial charge < -0.3 is 9.64 Å². The Kier molecular flexibility index (Phi) is 4.32. The Labute approximate surface area is 170 Å². The van der Waals surface area contributed by atoms with Crippen LogP contribution in [0.4, 0.5) is 0 Å². The summed E-state index contributed by atoms with van der Waals surface area (Å²) in [7, 11) is 1.63. The van der Waals surface area contributed by atoms with Gasteiger partial charge in [0.1, 0.15) is 5.75 Å². The fraction of sp³-hybridized carbons (Fsp3) is 0.391. The molecule has 1 unspecified atom stereocenters. The summed E-state index contributed by atoms with van der Waals surface area (Å²) in [4.78, 5) is 17.9. The molecule has 0 spiro atoms. The fourth-order valence-corrected chi connectivity index (χ4v) is 5.06. The molecule has 2 saturated heterocycles. The lowest BCUT2D eigenvalue weighted by atomic mass is 10.0. The zero-order valence-electron chi connectivity index (χ0n) is 17.1. The van der Waals surface area contributed by atoms with Gasteiger partial charge in [-0.25, -0.2) is 4.52 Å². The van der Waals surface area contributed by atoms with Gasteiger partial charge in [-0.2, -0.15) is 5.10 Å². The van der Waals surface area contributed by atoms with Crippen LogP contribution in [-0.2, 0) is 0 Å². The molecule has 3 atom stereocenters. The highest BCUT2D eigenvalue weighted by atomic mass is 16.5. The first-order valence-electron chi connectivity index (χ1n) is 10.2. The predicted molar refractivity (Wildman–Crippen MR) is 111 cm³/mol. The van der Waals surface area contributed by atoms with E-state index in [1.807, 2.05) is 17.0 Å². The Bertz CT molecular complexity index is 1080. The summed E-state index contributed by atoms with van der Waals surface area (Å²) >= 11 is 0. The summed E-state index contributed by atoms with van der Waals surface area (Å²) in [6.45, 7) is 6.18. The third-order valence-electron chi connectivity index (χ3n) is 6.63. The van der Waals surface area contributed by atoms with E-state index in [0.29, 0.717) is 17.6 Å². The largest absolute Gasteiger partial charge is 0.495 e. The Morgan fingerprint density at radius 2 is 2.00 bits per heavy atom. The maximum atomic E-state index is 13.3. The highest BCUT2D eigenvalue weighted by Crippen LogP contribution is 2.38. The minimum Gasteiger partial charge on any atom is -0.495 e. The Morgan fingerprint density at radius 1 is 1.17 bits per heavy atom. The van der Waals surface area contributed by atoms with E-state index in [2.05, 4.69) is 48.1 Å². The van der Waals surface area contributed by atoms with Crippen molar-refractivity contribution < 1.29 is 9.53 Å². The molecule has 0 aliphatic carbocycles. The molecular weight excluding hydrogens is 364 g/mol. The molecule has 2 aliphatic rings. The second-order valence-electron chi connectivity index (χ2n) is 8.19. The van der Waals surface area contributed by atoms with Crippen molar-refractivity contribution in [1.29, 1.82) is 0 Å². The van der Waals surface area contributed by atoms with Crippen LogP contribution >= 0.6 is 0 Å². The van der Waals surface area contributed by atoms with Crippen LogP contribution in [-0.4, -0.2) is 57.6 Å². The Morgan fingerprint density at radius 3 is 2.72 bits per heavy atom. The Balaban J connectivity index is 1.34. The quantitative estimate of drug-likeness (QED) is 0.686. The average molecular weight is 390 g/mol. The number of carbonyl (C=O) groups excluding carboxylic acids is 1. The van der Waals surface area contributed by atoms with Gasteiger partial charge in [0, 0.05) is 31.2 Å². The number of carbonyl (C=O) groups is 1. The molecule has 1 aromatic carbocycles. The maximum Gasteiger partial charge on any atom is 0.258 e. The molecule has 2 bridgehead atoms. The summed E-state index contributed by atoms with van der Waals surface area (Å²) in [5.74, 6) is 0.807. The van der Waals surface area contributed by atoms with Crippen molar-refractivity contribution in [3.05, 3.63) is 65.5 Å². The van der Waals surface area contributed by atoms with Crippen molar-refractivity contribution in [1.82, 2.24) is 19.4 Å². The van der Waals surface area contributed by atoms with Crippen molar-refractivity contribution in [2.45, 2.75) is 38.4 Å². The normalized spacial score (nSPS) is 22.4. The first kappa shape index (κ1) is 18.2. The molecule has 0 N–H and O–H groups in total. The molecule has 0 radical (unpaired) electrons. The first-order valence-corrected chi connectivity index (χ1v) is 10.2. The minimum atomic E-state index is 0.0841. The van der Waals surface area contributed by atoms with Crippen LogP contribution < -0.4 is 4.74 Å². The van der Waals surface area contributed by atoms with E-state index in [1.165, 1.54) is 11.1 Å². The first-order chi connectivity index (χ1) is 14.1. The summed E-state index contributed by atoms with van der Waals surface area (Å²) < 4.78 is 6.96. The molecule has 5 rings (SSSR count). The smallest absolute Gasteiger partial charge is 0.258 e. The third-order valence-corrected chi connectivity index (χ3v) is 6.63. The van der Waals surface area contributed by atoms with Gasteiger partial charge in [0.05, 0.1) is 30.6 Å². The Hall–Kier alpha value is -2.86. The minimum absolute atomic E-state index is 0.0841.